The van der Waals surface area contributed by atoms with Gasteiger partial charge in [-0.3, -0.25) is 19.7 Å². The predicted octanol–water partition coefficient (Wildman–Crippen LogP) is 6.28. The third kappa shape index (κ3) is 8.12. The lowest BCUT2D eigenvalue weighted by molar-refractivity contribution is -0.382. The molecule has 15 heteroatoms. The first-order chi connectivity index (χ1) is 21.3. The van der Waals surface area contributed by atoms with E-state index in [0.717, 1.165) is 32.4 Å². The van der Waals surface area contributed by atoms with Gasteiger partial charge in [-0.05, 0) is 65.7 Å². The molecule has 45 heavy (non-hydrogen) atoms. The van der Waals surface area contributed by atoms with Gasteiger partial charge < -0.3 is 36.6 Å². The molecular formula is C30H27Cl3N6O6. The second-order valence-electron chi connectivity index (χ2n) is 9.90. The van der Waals surface area contributed by atoms with Crippen molar-refractivity contribution in [2.24, 2.45) is 11.5 Å². The minimum atomic E-state index is -1.17. The Balaban J connectivity index is 0.000000160. The third-order valence-corrected chi connectivity index (χ3v) is 7.57. The summed E-state index contributed by atoms with van der Waals surface area (Å²) < 4.78 is 0. The van der Waals surface area contributed by atoms with E-state index < -0.39 is 28.9 Å². The highest BCUT2D eigenvalue weighted by atomic mass is 35.5. The van der Waals surface area contributed by atoms with Crippen molar-refractivity contribution in [2.75, 3.05) is 0 Å². The Morgan fingerprint density at radius 3 is 1.98 bits per heavy atom. The average molecular weight is 674 g/mol. The van der Waals surface area contributed by atoms with E-state index in [1.54, 1.807) is 24.4 Å². The minimum absolute atomic E-state index is 0.00208. The molecule has 3 aromatic heterocycles. The first kappa shape index (κ1) is 33.3. The molecule has 9 N–H and O–H groups in total. The number of nitrogens with zero attached hydrogens (tertiary/aromatic N) is 1. The first-order valence-corrected chi connectivity index (χ1v) is 14.4. The number of aliphatic carboxylic acids is 2. The van der Waals surface area contributed by atoms with Crippen LogP contribution in [0, 0.1) is 10.1 Å². The number of nitrogens with one attached hydrogen (secondary N) is 3. The Bertz CT molecular complexity index is 2000. The van der Waals surface area contributed by atoms with Crippen LogP contribution in [0.3, 0.4) is 0 Å². The van der Waals surface area contributed by atoms with Crippen molar-refractivity contribution in [1.82, 2.24) is 15.0 Å². The van der Waals surface area contributed by atoms with Crippen molar-refractivity contribution < 1.29 is 24.7 Å². The van der Waals surface area contributed by atoms with E-state index in [4.69, 9.17) is 56.5 Å². The summed E-state index contributed by atoms with van der Waals surface area (Å²) in [5.74, 6) is -2.17. The summed E-state index contributed by atoms with van der Waals surface area (Å²) in [7, 11) is 0. The van der Waals surface area contributed by atoms with Crippen LogP contribution in [0.15, 0.2) is 73.2 Å². The highest BCUT2D eigenvalue weighted by Crippen LogP contribution is 2.35. The van der Waals surface area contributed by atoms with Gasteiger partial charge in [0.2, 0.25) is 0 Å². The fraction of sp³-hybridized carbons (Fsp3) is 0.133. The molecule has 6 rings (SSSR count). The number of carboxylic acid groups (broad SMARTS) is 2. The number of aromatic nitrogens is 3. The van der Waals surface area contributed by atoms with Crippen LogP contribution in [0.2, 0.25) is 15.1 Å². The van der Waals surface area contributed by atoms with E-state index in [1.165, 1.54) is 12.3 Å². The molecule has 0 saturated heterocycles. The van der Waals surface area contributed by atoms with Crippen molar-refractivity contribution in [3.63, 3.8) is 0 Å². The summed E-state index contributed by atoms with van der Waals surface area (Å²) >= 11 is 17.5. The summed E-state index contributed by atoms with van der Waals surface area (Å²) in [6.07, 6.45) is 5.45. The Morgan fingerprint density at radius 2 is 1.33 bits per heavy atom. The number of fused-ring (bicyclic) bond motifs is 3. The zero-order valence-corrected chi connectivity index (χ0v) is 25.5. The van der Waals surface area contributed by atoms with E-state index in [0.29, 0.717) is 21.5 Å². The zero-order valence-electron chi connectivity index (χ0n) is 23.3. The molecule has 0 aliphatic carbocycles. The van der Waals surface area contributed by atoms with Crippen molar-refractivity contribution >= 4 is 85.1 Å². The van der Waals surface area contributed by atoms with Crippen molar-refractivity contribution in [2.45, 2.75) is 24.9 Å². The second kappa shape index (κ2) is 14.5. The molecule has 0 spiro atoms. The Kier molecular flexibility index (Phi) is 10.7. The van der Waals surface area contributed by atoms with Gasteiger partial charge in [-0.15, -0.1) is 0 Å². The van der Waals surface area contributed by atoms with Crippen LogP contribution < -0.4 is 11.5 Å². The van der Waals surface area contributed by atoms with Crippen LogP contribution in [-0.2, 0) is 22.4 Å². The molecular weight excluding hydrogens is 647 g/mol. The molecule has 2 unspecified atom stereocenters. The number of rotatable bonds is 7. The summed E-state index contributed by atoms with van der Waals surface area (Å²) in [6.45, 7) is 0. The molecule has 2 atom stereocenters. The van der Waals surface area contributed by atoms with Crippen molar-refractivity contribution in [1.29, 1.82) is 0 Å². The average Bonchev–Trinajstić information content (AvgIpc) is 3.72. The number of halogens is 3. The van der Waals surface area contributed by atoms with E-state index in [9.17, 15) is 19.7 Å². The lowest BCUT2D eigenvalue weighted by atomic mass is 10.0. The lowest BCUT2D eigenvalue weighted by Gasteiger charge is -2.05. The van der Waals surface area contributed by atoms with Gasteiger partial charge in [-0.25, -0.2) is 0 Å². The topological polar surface area (TPSA) is 217 Å². The molecule has 0 bridgehead atoms. The van der Waals surface area contributed by atoms with Crippen LogP contribution in [0.5, 0.6) is 0 Å². The number of hydrogen-bond acceptors (Lipinski definition) is 6. The van der Waals surface area contributed by atoms with E-state index in [-0.39, 0.29) is 23.6 Å². The Hall–Kier alpha value is -4.59. The van der Waals surface area contributed by atoms with Gasteiger partial charge in [-0.2, -0.15) is 0 Å². The number of nitro benzene ring substituents is 1. The fourth-order valence-corrected chi connectivity index (χ4v) is 5.16. The van der Waals surface area contributed by atoms with Crippen LogP contribution in [0.25, 0.3) is 32.7 Å². The highest BCUT2D eigenvalue weighted by Gasteiger charge is 2.23. The molecule has 0 aliphatic rings. The maximum absolute atomic E-state index is 11.1. The number of carbonyl (C=O) groups is 2. The number of hydrogen-bond donors (Lipinski definition) is 7. The van der Waals surface area contributed by atoms with Gasteiger partial charge in [0, 0.05) is 63.3 Å². The zero-order chi connectivity index (χ0) is 32.8. The Morgan fingerprint density at radius 1 is 0.778 bits per heavy atom. The Labute approximate surface area is 270 Å². The molecule has 3 heterocycles. The van der Waals surface area contributed by atoms with Gasteiger partial charge in [0.1, 0.15) is 17.1 Å². The number of aromatic amines is 3. The molecule has 0 amide bonds. The number of benzene rings is 3. The summed E-state index contributed by atoms with van der Waals surface area (Å²) in [6, 6.07) is 14.2. The molecule has 0 radical (unpaired) electrons. The largest absolute Gasteiger partial charge is 0.480 e. The van der Waals surface area contributed by atoms with E-state index >= 15 is 0 Å². The number of carboxylic acids is 2. The third-order valence-electron chi connectivity index (χ3n) is 6.79. The summed E-state index contributed by atoms with van der Waals surface area (Å²) in [5.41, 5.74) is 14.6. The molecule has 12 nitrogen and oxygen atoms in total. The number of H-pyrrole nitrogens is 3. The molecule has 3 aromatic carbocycles. The van der Waals surface area contributed by atoms with Crippen LogP contribution in [-0.4, -0.2) is 54.1 Å². The SMILES string of the molecule is Clc1ccc2[nH]ccc2c1.NC(Cc1c[nH]c2ccc(Cl)c([N+](=O)[O-])c12)C(=O)O.NC(Cc1c[nH]c2ccc(Cl)cc12)C(=O)O. The van der Waals surface area contributed by atoms with Crippen molar-refractivity contribution in [3.05, 3.63) is 109 Å². The minimum Gasteiger partial charge on any atom is -0.480 e. The maximum Gasteiger partial charge on any atom is 0.320 e. The standard InChI is InChI=1S/C11H10ClN3O4.C11H11ClN2O2.C8H6ClN/c12-6-1-2-8-9(10(6)15(18)19)5(4-14-8)3-7(13)11(16)17;12-7-1-2-10-8(4-7)6(5-14-10)3-9(13)11(15)16;9-7-1-2-8-6(5-7)3-4-10-8/h1-2,4,7,14H,3,13H2,(H,16,17);1-2,4-5,9,14H,3,13H2,(H,15,16);1-5,10H. The molecule has 0 aliphatic heterocycles. The molecule has 0 saturated carbocycles. The first-order valence-electron chi connectivity index (χ1n) is 13.2. The maximum atomic E-state index is 11.1. The smallest absolute Gasteiger partial charge is 0.320 e. The van der Waals surface area contributed by atoms with Crippen molar-refractivity contribution in [3.8, 4) is 0 Å². The van der Waals surface area contributed by atoms with Gasteiger partial charge in [0.15, 0.2) is 0 Å². The molecule has 234 valence electrons. The summed E-state index contributed by atoms with van der Waals surface area (Å²) in [5, 5.41) is 32.4. The predicted molar refractivity (Wildman–Crippen MR) is 175 cm³/mol. The molecule has 0 fully saturated rings. The number of nitro groups is 1. The van der Waals surface area contributed by atoms with Gasteiger partial charge >= 0.3 is 11.9 Å². The monoisotopic (exact) mass is 672 g/mol. The van der Waals surface area contributed by atoms with Crippen LogP contribution in [0.1, 0.15) is 11.1 Å². The molecule has 6 aromatic rings. The van der Waals surface area contributed by atoms with Crippen LogP contribution >= 0.6 is 34.8 Å². The highest BCUT2D eigenvalue weighted by molar-refractivity contribution is 6.34. The number of nitrogens with two attached hydrogens (primary N) is 2. The van der Waals surface area contributed by atoms with Gasteiger partial charge in [-0.1, -0.05) is 34.8 Å². The normalized spacial score (nSPS) is 12.2. The van der Waals surface area contributed by atoms with E-state index in [1.807, 2.05) is 36.5 Å². The second-order valence-corrected chi connectivity index (χ2v) is 11.2. The summed E-state index contributed by atoms with van der Waals surface area (Å²) in [4.78, 5) is 40.9. The fourth-order valence-electron chi connectivity index (χ4n) is 4.58. The lowest BCUT2D eigenvalue weighted by Crippen LogP contribution is -2.32. The quantitative estimate of drug-likeness (QED) is 0.0753. The van der Waals surface area contributed by atoms with Crippen LogP contribution in [0.4, 0.5) is 5.69 Å². The van der Waals surface area contributed by atoms with E-state index in [2.05, 4.69) is 15.0 Å². The van der Waals surface area contributed by atoms with Gasteiger partial charge in [0.25, 0.3) is 5.69 Å². The van der Waals surface area contributed by atoms with Gasteiger partial charge in [0.05, 0.1) is 15.8 Å².